The van der Waals surface area contributed by atoms with E-state index in [0.717, 1.165) is 12.8 Å². The van der Waals surface area contributed by atoms with Crippen LogP contribution in [0.3, 0.4) is 0 Å². The smallest absolute Gasteiger partial charge is 0.307 e. The number of ketones is 1. The first-order valence-electron chi connectivity index (χ1n) is 13.2. The number of Topliss-reactive ketones (excluding diaryl/α,β-unsaturated/α-hetero) is 1. The van der Waals surface area contributed by atoms with E-state index >= 15 is 0 Å². The highest BCUT2D eigenvalue weighted by molar-refractivity contribution is 5.84. The molecule has 1 saturated carbocycles. The van der Waals surface area contributed by atoms with Crippen LogP contribution in [0.2, 0.25) is 0 Å². The molecule has 5 unspecified atom stereocenters. The summed E-state index contributed by atoms with van der Waals surface area (Å²) in [5.74, 6) is -2.02. The van der Waals surface area contributed by atoms with Crippen LogP contribution in [-0.4, -0.2) is 83.5 Å². The lowest BCUT2D eigenvalue weighted by Gasteiger charge is -2.28. The number of hydrogen-bond acceptors (Lipinski definition) is 6. The number of aliphatic carboxylic acids is 1. The summed E-state index contributed by atoms with van der Waals surface area (Å²) in [5.41, 5.74) is 0. The van der Waals surface area contributed by atoms with Crippen LogP contribution in [0.15, 0.2) is 48.6 Å². The zero-order valence-corrected chi connectivity index (χ0v) is 22.8. The Balaban J connectivity index is 2.47. The van der Waals surface area contributed by atoms with Crippen LogP contribution in [0.25, 0.3) is 0 Å². The minimum Gasteiger partial charge on any atom is -0.481 e. The topological polar surface area (TPSA) is 121 Å². The standard InChI is InChI=1S/C29H45NO7/c1-5-6-7-8-9-12-15-24-25(27(33)20-26(24)32)18-17-22(31)14-11-10-13-16-29(36)37-23(19-28(34)35)21-30(2,3)4/h6-7,9-12,17-18,22-25,27,31,33H,5,8,13-16,19-21H2,1-4H3/p+1/b7-6-,11-10+,12-9+,18-17+. The van der Waals surface area contributed by atoms with Crippen molar-refractivity contribution >= 4 is 17.7 Å². The van der Waals surface area contributed by atoms with Crippen LogP contribution >= 0.6 is 0 Å². The zero-order chi connectivity index (χ0) is 27.8. The minimum absolute atomic E-state index is 0.0456. The fraction of sp³-hybridized carbons (Fsp3) is 0.621. The summed E-state index contributed by atoms with van der Waals surface area (Å²) in [5, 5.41) is 29.6. The lowest BCUT2D eigenvalue weighted by molar-refractivity contribution is -0.873. The van der Waals surface area contributed by atoms with Gasteiger partial charge in [0.05, 0.1) is 39.8 Å². The highest BCUT2D eigenvalue weighted by Gasteiger charge is 2.39. The number of ether oxygens (including phenoxy) is 1. The van der Waals surface area contributed by atoms with Crippen molar-refractivity contribution in [1.82, 2.24) is 0 Å². The van der Waals surface area contributed by atoms with Gasteiger partial charge in [-0.05, 0) is 32.1 Å². The molecule has 1 aliphatic rings. The molecule has 1 fully saturated rings. The number of esters is 1. The van der Waals surface area contributed by atoms with Crippen molar-refractivity contribution in [3.05, 3.63) is 48.6 Å². The Morgan fingerprint density at radius 3 is 2.46 bits per heavy atom. The fourth-order valence-electron chi connectivity index (χ4n) is 4.29. The van der Waals surface area contributed by atoms with Gasteiger partial charge < -0.3 is 24.5 Å². The number of aliphatic hydroxyl groups excluding tert-OH is 2. The molecular formula is C29H46NO7+. The van der Waals surface area contributed by atoms with Crippen molar-refractivity contribution in [3.63, 3.8) is 0 Å². The van der Waals surface area contributed by atoms with Gasteiger partial charge in [0.25, 0.3) is 0 Å². The normalized spacial score (nSPS) is 22.5. The molecule has 0 amide bonds. The zero-order valence-electron chi connectivity index (χ0n) is 22.8. The first-order chi connectivity index (χ1) is 17.4. The molecule has 0 radical (unpaired) electrons. The van der Waals surface area contributed by atoms with E-state index in [1.807, 2.05) is 33.3 Å². The second-order valence-corrected chi connectivity index (χ2v) is 10.6. The largest absolute Gasteiger partial charge is 0.481 e. The van der Waals surface area contributed by atoms with Crippen LogP contribution in [0.5, 0.6) is 0 Å². The summed E-state index contributed by atoms with van der Waals surface area (Å²) in [4.78, 5) is 35.5. The third-order valence-corrected chi connectivity index (χ3v) is 6.03. The molecule has 0 aromatic rings. The third-order valence-electron chi connectivity index (χ3n) is 6.03. The molecule has 208 valence electrons. The number of carboxylic acids is 1. The van der Waals surface area contributed by atoms with Gasteiger partial charge in [0.2, 0.25) is 0 Å². The van der Waals surface area contributed by atoms with Gasteiger partial charge >= 0.3 is 11.9 Å². The Morgan fingerprint density at radius 1 is 1.11 bits per heavy atom. The van der Waals surface area contributed by atoms with E-state index in [9.17, 15) is 24.6 Å². The summed E-state index contributed by atoms with van der Waals surface area (Å²) in [7, 11) is 5.71. The minimum atomic E-state index is -1.01. The predicted molar refractivity (Wildman–Crippen MR) is 144 cm³/mol. The molecular weight excluding hydrogens is 474 g/mol. The Kier molecular flexibility index (Phi) is 15.0. The molecule has 0 aromatic carbocycles. The lowest BCUT2D eigenvalue weighted by Crippen LogP contribution is -2.43. The van der Waals surface area contributed by atoms with E-state index in [1.165, 1.54) is 0 Å². The summed E-state index contributed by atoms with van der Waals surface area (Å²) >= 11 is 0. The molecule has 37 heavy (non-hydrogen) atoms. The second kappa shape index (κ2) is 17.1. The maximum Gasteiger partial charge on any atom is 0.307 e. The Bertz CT molecular complexity index is 838. The van der Waals surface area contributed by atoms with E-state index in [2.05, 4.69) is 19.1 Å². The van der Waals surface area contributed by atoms with Gasteiger partial charge in [-0.2, -0.15) is 0 Å². The van der Waals surface area contributed by atoms with E-state index in [0.29, 0.717) is 30.3 Å². The highest BCUT2D eigenvalue weighted by Crippen LogP contribution is 2.33. The van der Waals surface area contributed by atoms with Crippen molar-refractivity contribution in [3.8, 4) is 0 Å². The molecule has 0 aromatic heterocycles. The first kappa shape index (κ1) is 32.5. The van der Waals surface area contributed by atoms with Crippen LogP contribution in [0.4, 0.5) is 0 Å². The van der Waals surface area contributed by atoms with Gasteiger partial charge in [-0.1, -0.05) is 55.5 Å². The van der Waals surface area contributed by atoms with Crippen molar-refractivity contribution in [2.45, 2.75) is 76.6 Å². The molecule has 5 atom stereocenters. The summed E-state index contributed by atoms with van der Waals surface area (Å²) < 4.78 is 5.84. The average Bonchev–Trinajstić information content (AvgIpc) is 3.04. The number of carbonyl (C=O) groups is 3. The maximum atomic E-state index is 12.3. The van der Waals surface area contributed by atoms with E-state index in [4.69, 9.17) is 9.84 Å². The SMILES string of the molecule is CC/C=C\C/C=C/CC1C(=O)CC(O)C1/C=C/C(O)C/C=C/CCC(=O)OC(CC(=O)O)C[N+](C)(C)C. The van der Waals surface area contributed by atoms with Crippen molar-refractivity contribution < 1.29 is 38.9 Å². The maximum absolute atomic E-state index is 12.3. The van der Waals surface area contributed by atoms with Crippen molar-refractivity contribution in [2.75, 3.05) is 27.7 Å². The summed E-state index contributed by atoms with van der Waals surface area (Å²) in [6, 6.07) is 0. The van der Waals surface area contributed by atoms with Crippen LogP contribution in [0, 0.1) is 11.8 Å². The summed E-state index contributed by atoms with van der Waals surface area (Å²) in [6.45, 7) is 2.48. The fourth-order valence-corrected chi connectivity index (χ4v) is 4.29. The van der Waals surface area contributed by atoms with Crippen molar-refractivity contribution in [2.24, 2.45) is 11.8 Å². The van der Waals surface area contributed by atoms with E-state index in [1.54, 1.807) is 24.3 Å². The third kappa shape index (κ3) is 14.7. The van der Waals surface area contributed by atoms with Crippen LogP contribution in [0.1, 0.15) is 58.3 Å². The molecule has 0 bridgehead atoms. The number of likely N-dealkylation sites (N-methyl/N-ethyl adjacent to an activating group) is 1. The molecule has 3 N–H and O–H groups in total. The molecule has 0 spiro atoms. The quantitative estimate of drug-likeness (QED) is 0.152. The number of allylic oxidation sites excluding steroid dienone is 5. The molecule has 0 heterocycles. The Labute approximate surface area is 221 Å². The number of rotatable bonds is 17. The number of nitrogens with zero attached hydrogens (tertiary/aromatic N) is 1. The molecule has 1 aliphatic carbocycles. The van der Waals surface area contributed by atoms with Gasteiger partial charge in [0.15, 0.2) is 6.10 Å². The first-order valence-corrected chi connectivity index (χ1v) is 13.2. The molecule has 0 aliphatic heterocycles. The van der Waals surface area contributed by atoms with Gasteiger partial charge in [-0.15, -0.1) is 0 Å². The summed E-state index contributed by atoms with van der Waals surface area (Å²) in [6.07, 6.45) is 16.0. The molecule has 8 nitrogen and oxygen atoms in total. The monoisotopic (exact) mass is 520 g/mol. The molecule has 1 rings (SSSR count). The molecule has 0 saturated heterocycles. The lowest BCUT2D eigenvalue weighted by atomic mass is 9.90. The number of aliphatic hydroxyl groups is 2. The second-order valence-electron chi connectivity index (χ2n) is 10.6. The van der Waals surface area contributed by atoms with Gasteiger partial charge in [-0.3, -0.25) is 14.4 Å². The number of quaternary nitrogens is 1. The highest BCUT2D eigenvalue weighted by atomic mass is 16.5. The average molecular weight is 521 g/mol. The van der Waals surface area contributed by atoms with Crippen molar-refractivity contribution in [1.29, 1.82) is 0 Å². The van der Waals surface area contributed by atoms with Gasteiger partial charge in [0.1, 0.15) is 12.3 Å². The van der Waals surface area contributed by atoms with Crippen LogP contribution < -0.4 is 0 Å². The Morgan fingerprint density at radius 2 is 1.81 bits per heavy atom. The number of hydrogen-bond donors (Lipinski definition) is 3. The number of carboxylic acid groups (broad SMARTS) is 1. The van der Waals surface area contributed by atoms with Gasteiger partial charge in [0, 0.05) is 24.7 Å². The number of carbonyl (C=O) groups excluding carboxylic acids is 2. The van der Waals surface area contributed by atoms with E-state index < -0.39 is 30.3 Å². The van der Waals surface area contributed by atoms with Gasteiger partial charge in [-0.25, -0.2) is 0 Å². The molecule has 8 heteroatoms. The predicted octanol–water partition coefficient (Wildman–Crippen LogP) is 3.59. The Hall–Kier alpha value is -2.55. The van der Waals surface area contributed by atoms with Crippen LogP contribution in [-0.2, 0) is 19.1 Å². The van der Waals surface area contributed by atoms with E-state index in [-0.39, 0.29) is 36.9 Å².